The van der Waals surface area contributed by atoms with Gasteiger partial charge in [-0.2, -0.15) is 13.2 Å². The lowest BCUT2D eigenvalue weighted by atomic mass is 10.1. The van der Waals surface area contributed by atoms with Crippen LogP contribution in [0.4, 0.5) is 18.9 Å². The second kappa shape index (κ2) is 8.08. The number of nitrogens with one attached hydrogen (secondary N) is 2. The number of aromatic nitrogens is 2. The summed E-state index contributed by atoms with van der Waals surface area (Å²) in [5.74, 6) is 0.769. The number of benzene rings is 2. The SMILES string of the molecule is FC(F)(F)c1cccc(N2CCN(CCOc3ccc4[nH]c(=S)[nH]c4c3)CC2)c1. The molecular formula is C20H21F3N4OS. The van der Waals surface area contributed by atoms with Crippen molar-refractivity contribution in [1.82, 2.24) is 14.9 Å². The van der Waals surface area contributed by atoms with Crippen LogP contribution in [0.15, 0.2) is 42.5 Å². The molecule has 1 fully saturated rings. The van der Waals surface area contributed by atoms with Crippen molar-refractivity contribution >= 4 is 28.9 Å². The van der Waals surface area contributed by atoms with Crippen LogP contribution in [0.5, 0.6) is 5.75 Å². The van der Waals surface area contributed by atoms with E-state index in [2.05, 4.69) is 14.9 Å². The molecule has 0 bridgehead atoms. The molecular weight excluding hydrogens is 401 g/mol. The molecule has 2 heterocycles. The number of halogens is 3. The van der Waals surface area contributed by atoms with E-state index in [1.807, 2.05) is 23.1 Å². The predicted molar refractivity (Wildman–Crippen MR) is 109 cm³/mol. The van der Waals surface area contributed by atoms with Gasteiger partial charge in [-0.05, 0) is 42.5 Å². The van der Waals surface area contributed by atoms with Gasteiger partial charge < -0.3 is 19.6 Å². The summed E-state index contributed by atoms with van der Waals surface area (Å²) in [6.07, 6.45) is -4.32. The molecule has 2 aromatic carbocycles. The zero-order valence-electron chi connectivity index (χ0n) is 15.6. The first-order valence-corrected chi connectivity index (χ1v) is 9.79. The first-order valence-electron chi connectivity index (χ1n) is 9.38. The van der Waals surface area contributed by atoms with Crippen molar-refractivity contribution in [3.05, 3.63) is 52.8 Å². The van der Waals surface area contributed by atoms with E-state index in [0.29, 0.717) is 30.2 Å². The van der Waals surface area contributed by atoms with Crippen LogP contribution >= 0.6 is 12.2 Å². The van der Waals surface area contributed by atoms with Crippen molar-refractivity contribution in [1.29, 1.82) is 0 Å². The highest BCUT2D eigenvalue weighted by molar-refractivity contribution is 7.71. The minimum absolute atomic E-state index is 0.542. The Hall–Kier alpha value is -2.52. The van der Waals surface area contributed by atoms with Crippen molar-refractivity contribution < 1.29 is 17.9 Å². The number of hydrogen-bond acceptors (Lipinski definition) is 4. The van der Waals surface area contributed by atoms with Crippen LogP contribution in [0.25, 0.3) is 11.0 Å². The first-order chi connectivity index (χ1) is 13.9. The molecule has 29 heavy (non-hydrogen) atoms. The van der Waals surface area contributed by atoms with Crippen LogP contribution in [-0.2, 0) is 6.18 Å². The quantitative estimate of drug-likeness (QED) is 0.597. The lowest BCUT2D eigenvalue weighted by Crippen LogP contribution is -2.47. The number of H-pyrrole nitrogens is 2. The molecule has 4 rings (SSSR count). The van der Waals surface area contributed by atoms with Crippen molar-refractivity contribution in [2.75, 3.05) is 44.2 Å². The van der Waals surface area contributed by atoms with Crippen LogP contribution in [0.1, 0.15) is 5.56 Å². The van der Waals surface area contributed by atoms with Crippen LogP contribution in [0, 0.1) is 4.77 Å². The number of fused-ring (bicyclic) bond motifs is 1. The minimum Gasteiger partial charge on any atom is -0.492 e. The van der Waals surface area contributed by atoms with Gasteiger partial charge in [0.25, 0.3) is 0 Å². The third-order valence-corrected chi connectivity index (χ3v) is 5.28. The second-order valence-electron chi connectivity index (χ2n) is 7.01. The molecule has 0 unspecified atom stereocenters. The number of rotatable bonds is 5. The number of alkyl halides is 3. The van der Waals surface area contributed by atoms with E-state index >= 15 is 0 Å². The Morgan fingerprint density at radius 1 is 0.966 bits per heavy atom. The van der Waals surface area contributed by atoms with Crippen LogP contribution < -0.4 is 9.64 Å². The van der Waals surface area contributed by atoms with Crippen LogP contribution in [0.3, 0.4) is 0 Å². The van der Waals surface area contributed by atoms with Gasteiger partial charge in [0.1, 0.15) is 12.4 Å². The fourth-order valence-electron chi connectivity index (χ4n) is 3.50. The number of anilines is 1. The summed E-state index contributed by atoms with van der Waals surface area (Å²) in [6, 6.07) is 11.3. The molecule has 0 radical (unpaired) electrons. The van der Waals surface area contributed by atoms with Gasteiger partial charge in [-0.1, -0.05) is 6.07 Å². The third kappa shape index (κ3) is 4.73. The van der Waals surface area contributed by atoms with E-state index in [1.54, 1.807) is 6.07 Å². The van der Waals surface area contributed by atoms with E-state index < -0.39 is 11.7 Å². The van der Waals surface area contributed by atoms with Crippen molar-refractivity contribution in [2.24, 2.45) is 0 Å². The minimum atomic E-state index is -4.32. The average molecular weight is 422 g/mol. The fourth-order valence-corrected chi connectivity index (χ4v) is 3.72. The average Bonchev–Trinajstić information content (AvgIpc) is 3.07. The zero-order valence-corrected chi connectivity index (χ0v) is 16.4. The standard InChI is InChI=1S/C20H21F3N4OS/c21-20(22,23)14-2-1-3-15(12-14)27-8-6-26(7-9-27)10-11-28-16-4-5-17-18(13-16)25-19(29)24-17/h1-5,12-13H,6-11H2,(H2,24,25,29). The molecule has 2 N–H and O–H groups in total. The molecule has 0 atom stereocenters. The van der Waals surface area contributed by atoms with Gasteiger partial charge in [-0.25, -0.2) is 0 Å². The Bertz CT molecular complexity index is 1040. The van der Waals surface area contributed by atoms with Gasteiger partial charge in [0.05, 0.1) is 16.6 Å². The van der Waals surface area contributed by atoms with Gasteiger partial charge >= 0.3 is 6.18 Å². The summed E-state index contributed by atoms with van der Waals surface area (Å²) in [4.78, 5) is 10.4. The fraction of sp³-hybridized carbons (Fsp3) is 0.350. The van der Waals surface area contributed by atoms with Gasteiger partial charge in [-0.3, -0.25) is 4.90 Å². The molecule has 0 saturated carbocycles. The van der Waals surface area contributed by atoms with Gasteiger partial charge in [0.2, 0.25) is 0 Å². The molecule has 1 aromatic heterocycles. The topological polar surface area (TPSA) is 47.3 Å². The highest BCUT2D eigenvalue weighted by Crippen LogP contribution is 2.31. The van der Waals surface area contributed by atoms with E-state index in [4.69, 9.17) is 17.0 Å². The summed E-state index contributed by atoms with van der Waals surface area (Å²) in [5.41, 5.74) is 1.86. The zero-order chi connectivity index (χ0) is 20.4. The van der Waals surface area contributed by atoms with Crippen molar-refractivity contribution in [2.45, 2.75) is 6.18 Å². The van der Waals surface area contributed by atoms with E-state index in [9.17, 15) is 13.2 Å². The number of nitrogens with zero attached hydrogens (tertiary/aromatic N) is 2. The Morgan fingerprint density at radius 3 is 2.48 bits per heavy atom. The highest BCUT2D eigenvalue weighted by Gasteiger charge is 2.31. The number of piperazine rings is 1. The molecule has 0 amide bonds. The van der Waals surface area contributed by atoms with E-state index in [-0.39, 0.29) is 0 Å². The summed E-state index contributed by atoms with van der Waals surface area (Å²) in [5, 5.41) is 0. The maximum Gasteiger partial charge on any atom is 0.416 e. The molecule has 3 aromatic rings. The summed E-state index contributed by atoms with van der Waals surface area (Å²) < 4.78 is 45.2. The lowest BCUT2D eigenvalue weighted by molar-refractivity contribution is -0.137. The van der Waals surface area contributed by atoms with Crippen LogP contribution in [0.2, 0.25) is 0 Å². The van der Waals surface area contributed by atoms with Gasteiger partial charge in [0, 0.05) is 44.5 Å². The summed E-state index contributed by atoms with van der Waals surface area (Å²) in [6.45, 7) is 4.24. The maximum absolute atomic E-state index is 12.9. The maximum atomic E-state index is 12.9. The monoisotopic (exact) mass is 422 g/mol. The van der Waals surface area contributed by atoms with Gasteiger partial charge in [-0.15, -0.1) is 0 Å². The number of aromatic amines is 2. The molecule has 0 aliphatic carbocycles. The van der Waals surface area contributed by atoms with Crippen molar-refractivity contribution in [3.8, 4) is 5.75 Å². The number of ether oxygens (including phenoxy) is 1. The van der Waals surface area contributed by atoms with Gasteiger partial charge in [0.15, 0.2) is 4.77 Å². The summed E-state index contributed by atoms with van der Waals surface area (Å²) in [7, 11) is 0. The smallest absolute Gasteiger partial charge is 0.416 e. The highest BCUT2D eigenvalue weighted by atomic mass is 32.1. The van der Waals surface area contributed by atoms with Crippen LogP contribution in [-0.4, -0.2) is 54.2 Å². The molecule has 0 spiro atoms. The van der Waals surface area contributed by atoms with Crippen molar-refractivity contribution in [3.63, 3.8) is 0 Å². The third-order valence-electron chi connectivity index (χ3n) is 5.07. The normalized spacial score (nSPS) is 15.8. The first kappa shape index (κ1) is 19.8. The summed E-state index contributed by atoms with van der Waals surface area (Å²) >= 11 is 5.08. The molecule has 1 aliphatic heterocycles. The molecule has 1 aliphatic rings. The Balaban J connectivity index is 1.27. The number of imidazole rings is 1. The lowest BCUT2D eigenvalue weighted by Gasteiger charge is -2.36. The molecule has 154 valence electrons. The molecule has 5 nitrogen and oxygen atoms in total. The molecule has 9 heteroatoms. The van der Waals surface area contributed by atoms with E-state index in [0.717, 1.165) is 42.5 Å². The number of hydrogen-bond donors (Lipinski definition) is 2. The predicted octanol–water partition coefficient (Wildman–Crippen LogP) is 4.45. The largest absolute Gasteiger partial charge is 0.492 e. The van der Waals surface area contributed by atoms with E-state index in [1.165, 1.54) is 12.1 Å². The molecule has 1 saturated heterocycles. The second-order valence-corrected chi connectivity index (χ2v) is 7.42. The Labute approximate surface area is 171 Å². The Morgan fingerprint density at radius 2 is 1.72 bits per heavy atom. The Kier molecular flexibility index (Phi) is 5.51.